The summed E-state index contributed by atoms with van der Waals surface area (Å²) in [6, 6.07) is 5.43. The maximum absolute atomic E-state index is 10.1. The lowest BCUT2D eigenvalue weighted by Crippen LogP contribution is -2.03. The molecule has 0 atom stereocenters. The van der Waals surface area contributed by atoms with Crippen molar-refractivity contribution < 1.29 is 14.7 Å². The standard InChI is InChI=1S/C15H18N4O.C9H10N4.2C9H16.C8H7N5O3.C8H14.4C2H6/c1-3-15(4-5-15)6-7-20-13-8-12(9-16-10-13)14-11-19(2)18-17-14;1-7-3-8(5-10-4-7)9-6-13(2)12-11-9;1-3-5-6-9(4-2)7-8-9;1-3-5-9(6-4-2)7-8-9;1-12-5-8(10-11-12)6-2-7(4-9-3-6)16-13(14)15;1-3-5-8(4-2)6-7-8;4*1-2/h6-11H,3-5H2,1-2H3;3-6H,1-2H3;2*3,5H,4,6-8H2,1-2H3;2-5H,1H3;3,5H,4,6-7H2,1-2H3;4*1-2H3. The van der Waals surface area contributed by atoms with Gasteiger partial charge in [0.05, 0.1) is 37.2 Å². The normalized spacial score (nSPS) is 15.1. The summed E-state index contributed by atoms with van der Waals surface area (Å²) in [6.45, 7) is 33.4. The van der Waals surface area contributed by atoms with Crippen LogP contribution in [0.25, 0.3) is 33.8 Å². The van der Waals surface area contributed by atoms with Crippen LogP contribution in [0.2, 0.25) is 0 Å². The third-order valence-electron chi connectivity index (χ3n) is 14.2. The Morgan fingerprint density at radius 2 is 0.952 bits per heavy atom. The Balaban J connectivity index is 0.000000499. The second-order valence-corrected chi connectivity index (χ2v) is 20.3. The molecule has 0 radical (unpaired) electrons. The van der Waals surface area contributed by atoms with Crippen LogP contribution in [0.15, 0.2) is 123 Å². The van der Waals surface area contributed by atoms with Gasteiger partial charge in [0.2, 0.25) is 0 Å². The lowest BCUT2D eigenvalue weighted by atomic mass is 9.99. The minimum absolute atomic E-state index is 0.0492. The second kappa shape index (κ2) is 40.1. The Hall–Kier alpha value is -7.17. The Morgan fingerprint density at radius 1 is 0.542 bits per heavy atom. The first-order valence-corrected chi connectivity index (χ1v) is 30.6. The lowest BCUT2D eigenvalue weighted by Gasteiger charge is -2.06. The molecule has 0 N–H and O–H groups in total. The first-order chi connectivity index (χ1) is 40.1. The van der Waals surface area contributed by atoms with Gasteiger partial charge < -0.3 is 4.74 Å². The van der Waals surface area contributed by atoms with Crippen LogP contribution in [0.4, 0.5) is 0 Å². The summed E-state index contributed by atoms with van der Waals surface area (Å²) in [6.07, 6.45) is 51.9. The van der Waals surface area contributed by atoms with E-state index < -0.39 is 5.09 Å². The third-order valence-corrected chi connectivity index (χ3v) is 14.2. The second-order valence-electron chi connectivity index (χ2n) is 20.3. The van der Waals surface area contributed by atoms with Crippen molar-refractivity contribution in [3.63, 3.8) is 0 Å². The Bertz CT molecular complexity index is 2790. The minimum atomic E-state index is -0.891. The molecule has 83 heavy (non-hydrogen) atoms. The summed E-state index contributed by atoms with van der Waals surface area (Å²) in [5.41, 5.74) is 8.34. The summed E-state index contributed by atoms with van der Waals surface area (Å²) in [4.78, 5) is 26.5. The van der Waals surface area contributed by atoms with Crippen LogP contribution in [0.3, 0.4) is 0 Å². The van der Waals surface area contributed by atoms with Gasteiger partial charge in [-0.3, -0.25) is 33.8 Å². The van der Waals surface area contributed by atoms with Gasteiger partial charge in [0, 0.05) is 62.6 Å². The van der Waals surface area contributed by atoms with Gasteiger partial charge in [-0.15, -0.1) is 25.4 Å². The molecule has 4 aliphatic rings. The Labute approximate surface area is 499 Å². The zero-order chi connectivity index (χ0) is 62.3. The van der Waals surface area contributed by atoms with Crippen LogP contribution in [0.5, 0.6) is 11.5 Å². The molecule has 458 valence electrons. The van der Waals surface area contributed by atoms with E-state index in [-0.39, 0.29) is 5.75 Å². The molecule has 17 nitrogen and oxygen atoms in total. The third kappa shape index (κ3) is 28.1. The lowest BCUT2D eigenvalue weighted by molar-refractivity contribution is -0.711. The van der Waals surface area contributed by atoms with E-state index in [1.165, 1.54) is 113 Å². The molecule has 6 aromatic heterocycles. The molecular weight excluding hydrogens is 1040 g/mol. The van der Waals surface area contributed by atoms with E-state index >= 15 is 0 Å². The van der Waals surface area contributed by atoms with Gasteiger partial charge in [0.25, 0.3) is 5.09 Å². The van der Waals surface area contributed by atoms with Crippen molar-refractivity contribution in [2.75, 3.05) is 0 Å². The van der Waals surface area contributed by atoms with Gasteiger partial charge in [-0.05, 0) is 156 Å². The van der Waals surface area contributed by atoms with Crippen molar-refractivity contribution in [1.29, 1.82) is 0 Å². The summed E-state index contributed by atoms with van der Waals surface area (Å²) >= 11 is 0. The first kappa shape index (κ1) is 73.8. The summed E-state index contributed by atoms with van der Waals surface area (Å²) < 4.78 is 10.5. The molecule has 17 heteroatoms. The van der Waals surface area contributed by atoms with Crippen molar-refractivity contribution >= 4 is 0 Å². The first-order valence-electron chi connectivity index (χ1n) is 30.6. The molecule has 0 saturated heterocycles. The SMILES string of the molecule is CC.CC.CC.CC.CC=CC1(CC)CC1.CC=CC1(CCC)CC1.CC=CCC1(CC)CC1.CCC1(C=COc2cncc(-c3cn(C)nn3)c2)CC1.Cc1cncc(-c2cn(C)nn2)c1.Cn1cc(-c2cncc(O[N+](=O)[O-])c2)nn1. The van der Waals surface area contributed by atoms with Crippen LogP contribution in [-0.4, -0.2) is 65.0 Å². The number of hydrogen-bond donors (Lipinski definition) is 0. The molecule has 0 spiro atoms. The number of hydrogen-bond acceptors (Lipinski definition) is 13. The molecule has 10 rings (SSSR count). The largest absolute Gasteiger partial charge is 0.464 e. The van der Waals surface area contributed by atoms with Gasteiger partial charge in [0.1, 0.15) is 28.6 Å². The van der Waals surface area contributed by atoms with Crippen molar-refractivity contribution in [3.8, 4) is 45.3 Å². The van der Waals surface area contributed by atoms with E-state index in [9.17, 15) is 10.1 Å². The van der Waals surface area contributed by atoms with Crippen LogP contribution < -0.4 is 9.57 Å². The molecule has 0 bridgehead atoms. The highest BCUT2D eigenvalue weighted by molar-refractivity contribution is 5.59. The summed E-state index contributed by atoms with van der Waals surface area (Å²) in [5, 5.41) is 32.7. The number of ether oxygens (including phenoxy) is 1. The molecule has 4 saturated carbocycles. The number of rotatable bonds is 17. The number of pyridine rings is 3. The maximum atomic E-state index is 10.1. The number of aryl methyl sites for hydroxylation is 4. The molecule has 6 aromatic rings. The predicted octanol–water partition coefficient (Wildman–Crippen LogP) is 17.7. The molecular formula is C66H105N13O4. The van der Waals surface area contributed by atoms with Crippen LogP contribution in [0, 0.1) is 38.7 Å². The van der Waals surface area contributed by atoms with E-state index in [1.54, 1.807) is 47.5 Å². The van der Waals surface area contributed by atoms with E-state index in [0.29, 0.717) is 27.5 Å². The van der Waals surface area contributed by atoms with E-state index in [4.69, 9.17) is 4.74 Å². The fraction of sp³-hybridized carbons (Fsp3) is 0.561. The van der Waals surface area contributed by atoms with Crippen LogP contribution >= 0.6 is 0 Å². The number of nitrogens with zero attached hydrogens (tertiary/aromatic N) is 13. The van der Waals surface area contributed by atoms with Gasteiger partial charge >= 0.3 is 0 Å². The molecule has 6 heterocycles. The monoisotopic (exact) mass is 1140 g/mol. The molecule has 0 amide bonds. The van der Waals surface area contributed by atoms with Gasteiger partial charge in [-0.1, -0.05) is 148 Å². The van der Waals surface area contributed by atoms with E-state index in [0.717, 1.165) is 39.2 Å². The highest BCUT2D eigenvalue weighted by Crippen LogP contribution is 2.52. The van der Waals surface area contributed by atoms with Crippen molar-refractivity contribution in [1.82, 2.24) is 59.9 Å². The average molecular weight is 1140 g/mol. The Morgan fingerprint density at radius 3 is 1.29 bits per heavy atom. The molecule has 0 aromatic carbocycles. The van der Waals surface area contributed by atoms with E-state index in [2.05, 4.69) is 142 Å². The molecule has 4 fully saturated rings. The highest BCUT2D eigenvalue weighted by Gasteiger charge is 2.40. The zero-order valence-corrected chi connectivity index (χ0v) is 54.4. The van der Waals surface area contributed by atoms with Crippen molar-refractivity contribution in [2.24, 2.45) is 42.8 Å². The Kier molecular flexibility index (Phi) is 35.7. The summed E-state index contributed by atoms with van der Waals surface area (Å²) in [7, 11) is 5.41. The minimum Gasteiger partial charge on any atom is -0.464 e. The van der Waals surface area contributed by atoms with Gasteiger partial charge in [-0.2, -0.15) is 0 Å². The smallest absolute Gasteiger partial charge is 0.299 e. The topological polar surface area (TPSA) is 192 Å². The van der Waals surface area contributed by atoms with Crippen LogP contribution in [0.1, 0.15) is 199 Å². The average Bonchev–Trinajstić information content (AvgIpc) is 4.52. The van der Waals surface area contributed by atoms with E-state index in [1.807, 2.05) is 107 Å². The maximum Gasteiger partial charge on any atom is 0.299 e. The fourth-order valence-electron chi connectivity index (χ4n) is 8.42. The highest BCUT2D eigenvalue weighted by atomic mass is 17.0. The van der Waals surface area contributed by atoms with Gasteiger partial charge in [-0.25, -0.2) is 0 Å². The molecule has 4 aliphatic carbocycles. The van der Waals surface area contributed by atoms with Crippen molar-refractivity contribution in [2.45, 2.75) is 201 Å². The van der Waals surface area contributed by atoms with Gasteiger partial charge in [0.15, 0.2) is 0 Å². The molecule has 0 aliphatic heterocycles. The number of aromatic nitrogens is 12. The zero-order valence-electron chi connectivity index (χ0n) is 54.4. The predicted molar refractivity (Wildman–Crippen MR) is 342 cm³/mol. The quantitative estimate of drug-likeness (QED) is 0.0363. The van der Waals surface area contributed by atoms with Crippen LogP contribution in [-0.2, 0) is 21.1 Å². The fourth-order valence-corrected chi connectivity index (χ4v) is 8.42. The number of allylic oxidation sites excluding steroid dienone is 7. The summed E-state index contributed by atoms with van der Waals surface area (Å²) in [5.74, 6) is 0.768. The van der Waals surface area contributed by atoms with Crippen molar-refractivity contribution in [3.05, 3.63) is 138 Å². The molecule has 0 unspecified atom stereocenters.